The van der Waals surface area contributed by atoms with Crippen LogP contribution in [0.3, 0.4) is 0 Å². The molecule has 2 atom stereocenters. The molecule has 0 bridgehead atoms. The van der Waals surface area contributed by atoms with Crippen molar-refractivity contribution in [2.24, 2.45) is 0 Å². The first kappa shape index (κ1) is 18.2. The zero-order valence-corrected chi connectivity index (χ0v) is 16.5. The lowest BCUT2D eigenvalue weighted by molar-refractivity contribution is 0.0697. The van der Waals surface area contributed by atoms with E-state index >= 15 is 0 Å². The van der Waals surface area contributed by atoms with Crippen molar-refractivity contribution in [2.45, 2.75) is 44.7 Å². The Labute approximate surface area is 165 Å². The number of carbonyl (C=O) groups is 1. The molecule has 0 spiro atoms. The molecule has 140 valence electrons. The van der Waals surface area contributed by atoms with E-state index in [0.29, 0.717) is 17.0 Å². The van der Waals surface area contributed by atoms with E-state index in [1.807, 2.05) is 35.7 Å². The zero-order valence-electron chi connectivity index (χ0n) is 15.7. The van der Waals surface area contributed by atoms with E-state index in [2.05, 4.69) is 22.8 Å². The van der Waals surface area contributed by atoms with Gasteiger partial charge in [-0.15, -0.1) is 11.3 Å². The molecule has 0 aliphatic carbocycles. The van der Waals surface area contributed by atoms with Crippen molar-refractivity contribution < 1.29 is 4.79 Å². The first-order chi connectivity index (χ1) is 13.2. The number of hydrogen-bond donors (Lipinski definition) is 0. The fourth-order valence-electron chi connectivity index (χ4n) is 4.44. The van der Waals surface area contributed by atoms with Crippen LogP contribution in [0, 0.1) is 11.3 Å². The van der Waals surface area contributed by atoms with Gasteiger partial charge in [-0.3, -0.25) is 9.69 Å². The number of amides is 1. The Bertz CT molecular complexity index is 868. The molecule has 1 amide bonds. The molecule has 0 unspecified atom stereocenters. The third kappa shape index (κ3) is 3.65. The Morgan fingerprint density at radius 2 is 2.07 bits per heavy atom. The summed E-state index contributed by atoms with van der Waals surface area (Å²) in [4.78, 5) is 18.7. The predicted molar refractivity (Wildman–Crippen MR) is 109 cm³/mol. The van der Waals surface area contributed by atoms with Crippen LogP contribution in [0.15, 0.2) is 35.7 Å². The molecule has 2 saturated heterocycles. The molecule has 1 aromatic carbocycles. The fourth-order valence-corrected chi connectivity index (χ4v) is 5.14. The second-order valence-corrected chi connectivity index (χ2v) is 8.55. The van der Waals surface area contributed by atoms with Gasteiger partial charge in [0.1, 0.15) is 10.9 Å². The highest BCUT2D eigenvalue weighted by atomic mass is 32.1. The Hall–Kier alpha value is -2.16. The Balaban J connectivity index is 1.58. The van der Waals surface area contributed by atoms with Gasteiger partial charge in [0.25, 0.3) is 5.91 Å². The molecule has 2 aromatic rings. The van der Waals surface area contributed by atoms with Crippen molar-refractivity contribution in [3.05, 3.63) is 46.2 Å². The van der Waals surface area contributed by atoms with Gasteiger partial charge >= 0.3 is 0 Å². The standard InChI is InChI=1S/C22H25N3OS/c1-16-6-4-10-24(16)14-18-7-5-11-25(18)22(26)21-9-3-2-8-20(21)17-12-19(13-23)27-15-17/h2-3,8-9,12,15-16,18H,4-7,10-11,14H2,1H3/t16-,18+/m1/s1. The van der Waals surface area contributed by atoms with Gasteiger partial charge in [-0.1, -0.05) is 18.2 Å². The van der Waals surface area contributed by atoms with Gasteiger partial charge in [-0.2, -0.15) is 5.26 Å². The van der Waals surface area contributed by atoms with Crippen molar-refractivity contribution >= 4 is 17.2 Å². The van der Waals surface area contributed by atoms with Crippen LogP contribution in [0.5, 0.6) is 0 Å². The van der Waals surface area contributed by atoms with Crippen LogP contribution in [-0.4, -0.2) is 47.4 Å². The number of nitrogens with zero attached hydrogens (tertiary/aromatic N) is 3. The van der Waals surface area contributed by atoms with Crippen LogP contribution in [0.4, 0.5) is 0 Å². The quantitative estimate of drug-likeness (QED) is 0.792. The third-order valence-corrected chi connectivity index (χ3v) is 6.79. The maximum atomic E-state index is 13.4. The lowest BCUT2D eigenvalue weighted by Gasteiger charge is -2.31. The summed E-state index contributed by atoms with van der Waals surface area (Å²) in [5, 5.41) is 11.1. The van der Waals surface area contributed by atoms with Crippen molar-refractivity contribution in [3.8, 4) is 17.2 Å². The summed E-state index contributed by atoms with van der Waals surface area (Å²) in [7, 11) is 0. The molecule has 0 N–H and O–H groups in total. The second kappa shape index (κ2) is 7.84. The number of thiophene rings is 1. The molecule has 2 aliphatic rings. The van der Waals surface area contributed by atoms with Crippen LogP contribution < -0.4 is 0 Å². The molecular formula is C22H25N3OS. The lowest BCUT2D eigenvalue weighted by Crippen LogP contribution is -2.44. The van der Waals surface area contributed by atoms with Gasteiger partial charge in [-0.25, -0.2) is 0 Å². The van der Waals surface area contributed by atoms with Crippen LogP contribution in [0.25, 0.3) is 11.1 Å². The van der Waals surface area contributed by atoms with E-state index in [1.165, 1.54) is 24.2 Å². The number of carbonyl (C=O) groups excluding carboxylic acids is 1. The van der Waals surface area contributed by atoms with Gasteiger partial charge in [0, 0.05) is 30.7 Å². The molecule has 2 aliphatic heterocycles. The number of likely N-dealkylation sites (tertiary alicyclic amines) is 2. The Morgan fingerprint density at radius 1 is 1.26 bits per heavy atom. The molecule has 4 nitrogen and oxygen atoms in total. The van der Waals surface area contributed by atoms with Crippen molar-refractivity contribution in [1.29, 1.82) is 5.26 Å². The molecule has 5 heteroatoms. The maximum Gasteiger partial charge on any atom is 0.254 e. The topological polar surface area (TPSA) is 47.3 Å². The van der Waals surface area contributed by atoms with Crippen LogP contribution in [0.1, 0.15) is 47.8 Å². The lowest BCUT2D eigenvalue weighted by atomic mass is 10.0. The summed E-state index contributed by atoms with van der Waals surface area (Å²) in [6.07, 6.45) is 4.71. The van der Waals surface area contributed by atoms with E-state index in [0.717, 1.165) is 49.2 Å². The third-order valence-electron chi connectivity index (χ3n) is 5.95. The monoisotopic (exact) mass is 379 g/mol. The minimum Gasteiger partial charge on any atom is -0.334 e. The Kier molecular flexibility index (Phi) is 5.29. The van der Waals surface area contributed by atoms with Gasteiger partial charge in [0.15, 0.2) is 0 Å². The van der Waals surface area contributed by atoms with E-state index < -0.39 is 0 Å². The molecule has 0 radical (unpaired) electrons. The van der Waals surface area contributed by atoms with E-state index in [1.54, 1.807) is 0 Å². The van der Waals surface area contributed by atoms with Gasteiger partial charge in [0.2, 0.25) is 0 Å². The van der Waals surface area contributed by atoms with E-state index in [9.17, 15) is 4.79 Å². The summed E-state index contributed by atoms with van der Waals surface area (Å²) >= 11 is 1.43. The first-order valence-electron chi connectivity index (χ1n) is 9.80. The predicted octanol–water partition coefficient (Wildman–Crippen LogP) is 4.38. The smallest absolute Gasteiger partial charge is 0.254 e. The summed E-state index contributed by atoms with van der Waals surface area (Å²) < 4.78 is 0. The number of benzene rings is 1. The Morgan fingerprint density at radius 3 is 2.81 bits per heavy atom. The fraction of sp³-hybridized carbons (Fsp3) is 0.455. The average molecular weight is 380 g/mol. The van der Waals surface area contributed by atoms with Gasteiger partial charge in [-0.05, 0) is 67.8 Å². The average Bonchev–Trinajstić information content (AvgIpc) is 3.43. The highest BCUT2D eigenvalue weighted by Crippen LogP contribution is 2.31. The molecule has 0 saturated carbocycles. The molecule has 4 rings (SSSR count). The number of rotatable bonds is 4. The van der Waals surface area contributed by atoms with Crippen LogP contribution in [-0.2, 0) is 0 Å². The normalized spacial score (nSPS) is 22.9. The second-order valence-electron chi connectivity index (χ2n) is 7.64. The minimum atomic E-state index is 0.129. The zero-order chi connectivity index (χ0) is 18.8. The molecule has 3 heterocycles. The van der Waals surface area contributed by atoms with Gasteiger partial charge < -0.3 is 4.90 Å². The van der Waals surface area contributed by atoms with Gasteiger partial charge in [0.05, 0.1) is 0 Å². The maximum absolute atomic E-state index is 13.4. The largest absolute Gasteiger partial charge is 0.334 e. The summed E-state index contributed by atoms with van der Waals surface area (Å²) in [6, 6.07) is 12.8. The number of nitriles is 1. The highest BCUT2D eigenvalue weighted by Gasteiger charge is 2.33. The molecule has 2 fully saturated rings. The first-order valence-corrected chi connectivity index (χ1v) is 10.7. The van der Waals surface area contributed by atoms with Crippen molar-refractivity contribution in [1.82, 2.24) is 9.80 Å². The molecule has 1 aromatic heterocycles. The summed E-state index contributed by atoms with van der Waals surface area (Å²) in [5.41, 5.74) is 2.64. The highest BCUT2D eigenvalue weighted by molar-refractivity contribution is 7.10. The van der Waals surface area contributed by atoms with Crippen LogP contribution >= 0.6 is 11.3 Å². The van der Waals surface area contributed by atoms with Crippen LogP contribution in [0.2, 0.25) is 0 Å². The minimum absolute atomic E-state index is 0.129. The number of hydrogen-bond acceptors (Lipinski definition) is 4. The SMILES string of the molecule is C[C@@H]1CCCN1C[C@@H]1CCCN1C(=O)c1ccccc1-c1csc(C#N)c1. The van der Waals surface area contributed by atoms with Crippen molar-refractivity contribution in [2.75, 3.05) is 19.6 Å². The van der Waals surface area contributed by atoms with E-state index in [4.69, 9.17) is 5.26 Å². The molecule has 27 heavy (non-hydrogen) atoms. The van der Waals surface area contributed by atoms with E-state index in [-0.39, 0.29) is 5.91 Å². The van der Waals surface area contributed by atoms with Crippen molar-refractivity contribution in [3.63, 3.8) is 0 Å². The summed E-state index contributed by atoms with van der Waals surface area (Å²) in [6.45, 7) is 5.29. The molecular weight excluding hydrogens is 354 g/mol. The summed E-state index contributed by atoms with van der Waals surface area (Å²) in [5.74, 6) is 0.129.